The number of piperazine rings is 1. The van der Waals surface area contributed by atoms with E-state index < -0.39 is 0 Å². The van der Waals surface area contributed by atoms with E-state index in [0.717, 1.165) is 22.6 Å². The van der Waals surface area contributed by atoms with E-state index in [1.165, 1.54) is 0 Å². The second-order valence-electron chi connectivity index (χ2n) is 8.37. The third-order valence-corrected chi connectivity index (χ3v) is 5.73. The molecule has 2 aromatic rings. The first-order valence-electron chi connectivity index (χ1n) is 11.1. The number of carbonyl (C=O) groups is 2. The predicted octanol–water partition coefficient (Wildman–Crippen LogP) is 2.40. The van der Waals surface area contributed by atoms with Crippen LogP contribution < -0.4 is 10.1 Å². The van der Waals surface area contributed by atoms with Crippen molar-refractivity contribution in [3.63, 3.8) is 0 Å². The zero-order valence-electron chi connectivity index (χ0n) is 19.3. The highest BCUT2D eigenvalue weighted by atomic mass is 16.5. The Morgan fingerprint density at radius 3 is 2.28 bits per heavy atom. The van der Waals surface area contributed by atoms with Crippen LogP contribution in [0, 0.1) is 13.8 Å². The fourth-order valence-corrected chi connectivity index (χ4v) is 3.80. The van der Waals surface area contributed by atoms with Crippen LogP contribution in [0.4, 0.5) is 5.69 Å². The molecule has 1 N–H and O–H groups in total. The van der Waals surface area contributed by atoms with E-state index in [1.807, 2.05) is 79.2 Å². The Bertz CT molecular complexity index is 875. The van der Waals surface area contributed by atoms with Crippen LogP contribution in [0.25, 0.3) is 0 Å². The molecule has 3 rings (SSSR count). The highest BCUT2D eigenvalue weighted by Gasteiger charge is 2.23. The van der Waals surface area contributed by atoms with Crippen molar-refractivity contribution >= 4 is 17.5 Å². The summed E-state index contributed by atoms with van der Waals surface area (Å²) in [6.45, 7) is 8.61. The number of carbonyl (C=O) groups excluding carboxylic acids is 2. The summed E-state index contributed by atoms with van der Waals surface area (Å²) >= 11 is 0. The topological polar surface area (TPSA) is 65.1 Å². The van der Waals surface area contributed by atoms with E-state index in [2.05, 4.69) is 10.2 Å². The lowest BCUT2D eigenvalue weighted by atomic mass is 10.1. The minimum Gasteiger partial charge on any atom is -0.492 e. The summed E-state index contributed by atoms with van der Waals surface area (Å²) < 4.78 is 5.70. The summed E-state index contributed by atoms with van der Waals surface area (Å²) in [7, 11) is 1.93. The molecule has 0 atom stereocenters. The molecule has 172 valence electrons. The van der Waals surface area contributed by atoms with E-state index in [-0.39, 0.29) is 11.8 Å². The van der Waals surface area contributed by atoms with Crippen molar-refractivity contribution in [3.8, 4) is 5.75 Å². The molecule has 7 heteroatoms. The van der Waals surface area contributed by atoms with Crippen LogP contribution in [-0.4, -0.2) is 86.0 Å². The highest BCUT2D eigenvalue weighted by molar-refractivity contribution is 5.93. The molecule has 2 amide bonds. The van der Waals surface area contributed by atoms with Gasteiger partial charge in [-0.25, -0.2) is 0 Å². The summed E-state index contributed by atoms with van der Waals surface area (Å²) in [5, 5.41) is 3.04. The Hall–Kier alpha value is -2.90. The minimum absolute atomic E-state index is 0.0136. The van der Waals surface area contributed by atoms with E-state index >= 15 is 0 Å². The van der Waals surface area contributed by atoms with E-state index in [0.29, 0.717) is 52.4 Å². The van der Waals surface area contributed by atoms with Gasteiger partial charge in [-0.3, -0.25) is 19.4 Å². The maximum atomic E-state index is 12.6. The van der Waals surface area contributed by atoms with Gasteiger partial charge < -0.3 is 15.0 Å². The molecule has 1 aliphatic rings. The molecule has 7 nitrogen and oxygen atoms in total. The Morgan fingerprint density at radius 2 is 1.62 bits per heavy atom. The van der Waals surface area contributed by atoms with Crippen LogP contribution >= 0.6 is 0 Å². The number of amides is 2. The van der Waals surface area contributed by atoms with Crippen molar-refractivity contribution in [3.05, 3.63) is 59.7 Å². The van der Waals surface area contributed by atoms with E-state index in [9.17, 15) is 9.59 Å². The summed E-state index contributed by atoms with van der Waals surface area (Å²) in [5.74, 6) is 0.942. The molecular weight excluding hydrogens is 404 g/mol. The Balaban J connectivity index is 1.35. The van der Waals surface area contributed by atoms with Gasteiger partial charge in [-0.2, -0.15) is 0 Å². The summed E-state index contributed by atoms with van der Waals surface area (Å²) in [4.78, 5) is 31.1. The standard InChI is InChI=1S/C25H34N4O3/c1-20-8-7-9-21(2)25(20)26-23(30)18-28-12-14-29(15-13-28)24(31)19-27(3)16-17-32-22-10-5-4-6-11-22/h4-11H,12-19H2,1-3H3,(H,26,30). The molecule has 0 radical (unpaired) electrons. The Labute approximate surface area is 190 Å². The van der Waals surface area contributed by atoms with Gasteiger partial charge in [0.25, 0.3) is 0 Å². The van der Waals surface area contributed by atoms with E-state index in [1.54, 1.807) is 0 Å². The maximum Gasteiger partial charge on any atom is 0.238 e. The molecular formula is C25H34N4O3. The third-order valence-electron chi connectivity index (χ3n) is 5.73. The summed E-state index contributed by atoms with van der Waals surface area (Å²) in [6, 6.07) is 15.7. The van der Waals surface area contributed by atoms with Gasteiger partial charge in [0.1, 0.15) is 12.4 Å². The van der Waals surface area contributed by atoms with Crippen molar-refractivity contribution in [2.45, 2.75) is 13.8 Å². The average Bonchev–Trinajstić information content (AvgIpc) is 2.77. The molecule has 1 aliphatic heterocycles. The fraction of sp³-hybridized carbons (Fsp3) is 0.440. The lowest BCUT2D eigenvalue weighted by molar-refractivity contribution is -0.134. The average molecular weight is 439 g/mol. The van der Waals surface area contributed by atoms with Crippen LogP contribution in [-0.2, 0) is 9.59 Å². The highest BCUT2D eigenvalue weighted by Crippen LogP contribution is 2.19. The quantitative estimate of drug-likeness (QED) is 0.651. The summed E-state index contributed by atoms with van der Waals surface area (Å²) in [6.07, 6.45) is 0. The zero-order chi connectivity index (χ0) is 22.9. The van der Waals surface area contributed by atoms with Gasteiger partial charge in [-0.05, 0) is 44.2 Å². The first kappa shape index (κ1) is 23.8. The zero-order valence-corrected chi connectivity index (χ0v) is 19.3. The number of nitrogens with one attached hydrogen (secondary N) is 1. The molecule has 1 heterocycles. The number of hydrogen-bond donors (Lipinski definition) is 1. The van der Waals surface area contributed by atoms with Crippen molar-refractivity contribution in [2.75, 3.05) is 64.8 Å². The number of likely N-dealkylation sites (N-methyl/N-ethyl adjacent to an activating group) is 1. The molecule has 2 aromatic carbocycles. The van der Waals surface area contributed by atoms with Crippen molar-refractivity contribution in [1.29, 1.82) is 0 Å². The van der Waals surface area contributed by atoms with Gasteiger partial charge in [0.05, 0.1) is 13.1 Å². The molecule has 1 fully saturated rings. The van der Waals surface area contributed by atoms with Gasteiger partial charge in [0.2, 0.25) is 11.8 Å². The molecule has 1 saturated heterocycles. The number of hydrogen-bond acceptors (Lipinski definition) is 5. The monoisotopic (exact) mass is 438 g/mol. The molecule has 0 spiro atoms. The van der Waals surface area contributed by atoms with Crippen molar-refractivity contribution in [1.82, 2.24) is 14.7 Å². The number of para-hydroxylation sites is 2. The number of nitrogens with zero attached hydrogens (tertiary/aromatic N) is 3. The molecule has 0 bridgehead atoms. The lowest BCUT2D eigenvalue weighted by Crippen LogP contribution is -2.52. The van der Waals surface area contributed by atoms with Gasteiger partial charge in [-0.1, -0.05) is 36.4 Å². The number of anilines is 1. The van der Waals surface area contributed by atoms with Crippen LogP contribution in [0.5, 0.6) is 5.75 Å². The SMILES string of the molecule is Cc1cccc(C)c1NC(=O)CN1CCN(C(=O)CN(C)CCOc2ccccc2)CC1. The van der Waals surface area contributed by atoms with Crippen molar-refractivity contribution < 1.29 is 14.3 Å². The van der Waals surface area contributed by atoms with Gasteiger partial charge >= 0.3 is 0 Å². The second kappa shape index (κ2) is 11.6. The van der Waals surface area contributed by atoms with E-state index in [4.69, 9.17) is 4.74 Å². The smallest absolute Gasteiger partial charge is 0.238 e. The fourth-order valence-electron chi connectivity index (χ4n) is 3.80. The molecule has 0 aromatic heterocycles. The largest absolute Gasteiger partial charge is 0.492 e. The summed E-state index contributed by atoms with van der Waals surface area (Å²) in [5.41, 5.74) is 3.02. The minimum atomic E-state index is -0.0136. The lowest BCUT2D eigenvalue weighted by Gasteiger charge is -2.35. The van der Waals surface area contributed by atoms with Gasteiger partial charge in [0.15, 0.2) is 0 Å². The molecule has 0 saturated carbocycles. The number of rotatable bonds is 9. The molecule has 0 unspecified atom stereocenters. The van der Waals surface area contributed by atoms with Crippen LogP contribution in [0.15, 0.2) is 48.5 Å². The first-order chi connectivity index (χ1) is 15.4. The predicted molar refractivity (Wildman–Crippen MR) is 127 cm³/mol. The molecule has 32 heavy (non-hydrogen) atoms. The number of ether oxygens (including phenoxy) is 1. The first-order valence-corrected chi connectivity index (χ1v) is 11.1. The van der Waals surface area contributed by atoms with Gasteiger partial charge in [-0.15, -0.1) is 0 Å². The molecule has 0 aliphatic carbocycles. The van der Waals surface area contributed by atoms with Crippen molar-refractivity contribution in [2.24, 2.45) is 0 Å². The Morgan fingerprint density at radius 1 is 0.969 bits per heavy atom. The van der Waals surface area contributed by atoms with Crippen LogP contribution in [0.3, 0.4) is 0 Å². The normalized spacial score (nSPS) is 14.4. The van der Waals surface area contributed by atoms with Gasteiger partial charge in [0, 0.05) is 38.4 Å². The number of aryl methyl sites for hydroxylation is 2. The third kappa shape index (κ3) is 7.07. The second-order valence-corrected chi connectivity index (χ2v) is 8.37. The van der Waals surface area contributed by atoms with Crippen LogP contribution in [0.2, 0.25) is 0 Å². The van der Waals surface area contributed by atoms with Crippen LogP contribution in [0.1, 0.15) is 11.1 Å². The number of benzene rings is 2. The maximum absolute atomic E-state index is 12.6. The Kier molecular flexibility index (Phi) is 8.64.